The van der Waals surface area contributed by atoms with Crippen LogP contribution in [0.5, 0.6) is 0 Å². The van der Waals surface area contributed by atoms with E-state index in [0.29, 0.717) is 12.5 Å². The molecule has 5 nitrogen and oxygen atoms in total. The van der Waals surface area contributed by atoms with Gasteiger partial charge >= 0.3 is 0 Å². The second kappa shape index (κ2) is 6.34. The molecule has 2 aliphatic heterocycles. The zero-order chi connectivity index (χ0) is 15.6. The minimum Gasteiger partial charge on any atom is -0.376 e. The first kappa shape index (κ1) is 15.4. The Balaban J connectivity index is 1.58. The molecule has 120 valence electrons. The fourth-order valence-electron chi connectivity index (χ4n) is 3.96. The molecule has 0 N–H and O–H groups in total. The fraction of sp³-hybridized carbons (Fsp3) is 0.647. The Hall–Kier alpha value is -1.46. The third-order valence-electron chi connectivity index (χ3n) is 5.12. The van der Waals surface area contributed by atoms with Crippen LogP contribution in [0.4, 0.5) is 0 Å². The van der Waals surface area contributed by atoms with E-state index in [-0.39, 0.29) is 11.3 Å². The van der Waals surface area contributed by atoms with Crippen molar-refractivity contribution in [1.29, 1.82) is 0 Å². The van der Waals surface area contributed by atoms with Crippen molar-refractivity contribution in [1.82, 2.24) is 14.8 Å². The fourth-order valence-corrected chi connectivity index (χ4v) is 3.96. The first-order valence-corrected chi connectivity index (χ1v) is 8.00. The summed E-state index contributed by atoms with van der Waals surface area (Å²) in [7, 11) is 2.17. The van der Waals surface area contributed by atoms with Crippen LogP contribution in [0.2, 0.25) is 0 Å². The molecule has 0 bridgehead atoms. The SMILES string of the molecule is CC(=O)N1CC[C@]2(CN(C)C[C@H]2COCc2cccnc2)C1. The van der Waals surface area contributed by atoms with E-state index in [2.05, 4.69) is 16.9 Å². The number of rotatable bonds is 4. The minimum absolute atomic E-state index is 0.196. The lowest BCUT2D eigenvalue weighted by atomic mass is 9.77. The van der Waals surface area contributed by atoms with E-state index < -0.39 is 0 Å². The molecule has 1 spiro atoms. The van der Waals surface area contributed by atoms with Crippen molar-refractivity contribution in [2.45, 2.75) is 20.0 Å². The van der Waals surface area contributed by atoms with Gasteiger partial charge in [-0.15, -0.1) is 0 Å². The molecule has 1 aromatic heterocycles. The maximum atomic E-state index is 11.6. The summed E-state index contributed by atoms with van der Waals surface area (Å²) in [5.41, 5.74) is 1.33. The summed E-state index contributed by atoms with van der Waals surface area (Å²) < 4.78 is 5.96. The number of hydrogen-bond acceptors (Lipinski definition) is 4. The van der Waals surface area contributed by atoms with Crippen molar-refractivity contribution < 1.29 is 9.53 Å². The number of aromatic nitrogens is 1. The summed E-state index contributed by atoms with van der Waals surface area (Å²) in [6.07, 6.45) is 4.72. The number of nitrogens with zero attached hydrogens (tertiary/aromatic N) is 3. The number of pyridine rings is 1. The normalized spacial score (nSPS) is 28.6. The van der Waals surface area contributed by atoms with Crippen molar-refractivity contribution in [3.8, 4) is 0 Å². The molecule has 2 saturated heterocycles. The van der Waals surface area contributed by atoms with Crippen LogP contribution in [-0.2, 0) is 16.1 Å². The summed E-state index contributed by atoms with van der Waals surface area (Å²) in [6.45, 7) is 6.93. The van der Waals surface area contributed by atoms with Gasteiger partial charge in [0, 0.05) is 56.8 Å². The predicted octanol–water partition coefficient (Wildman–Crippen LogP) is 1.40. The molecule has 3 rings (SSSR count). The Labute approximate surface area is 132 Å². The summed E-state index contributed by atoms with van der Waals surface area (Å²) >= 11 is 0. The first-order valence-electron chi connectivity index (χ1n) is 8.00. The highest BCUT2D eigenvalue weighted by molar-refractivity contribution is 5.73. The lowest BCUT2D eigenvalue weighted by Crippen LogP contribution is -2.37. The third-order valence-corrected chi connectivity index (χ3v) is 5.12. The number of hydrogen-bond donors (Lipinski definition) is 0. The number of carbonyl (C=O) groups is 1. The maximum Gasteiger partial charge on any atom is 0.219 e. The van der Waals surface area contributed by atoms with Gasteiger partial charge in [-0.2, -0.15) is 0 Å². The van der Waals surface area contributed by atoms with Gasteiger partial charge in [-0.05, 0) is 25.1 Å². The number of amides is 1. The molecule has 2 fully saturated rings. The highest BCUT2D eigenvalue weighted by atomic mass is 16.5. The van der Waals surface area contributed by atoms with E-state index in [1.807, 2.05) is 23.2 Å². The number of ether oxygens (including phenoxy) is 1. The molecule has 1 aromatic rings. The molecule has 5 heteroatoms. The monoisotopic (exact) mass is 303 g/mol. The van der Waals surface area contributed by atoms with Gasteiger partial charge in [-0.25, -0.2) is 0 Å². The van der Waals surface area contributed by atoms with Crippen molar-refractivity contribution in [3.05, 3.63) is 30.1 Å². The highest BCUT2D eigenvalue weighted by Crippen LogP contribution is 2.43. The Morgan fingerprint density at radius 1 is 1.50 bits per heavy atom. The topological polar surface area (TPSA) is 45.7 Å². The van der Waals surface area contributed by atoms with Crippen LogP contribution in [0.15, 0.2) is 24.5 Å². The van der Waals surface area contributed by atoms with Gasteiger partial charge < -0.3 is 14.5 Å². The summed E-state index contributed by atoms with van der Waals surface area (Å²) in [5.74, 6) is 0.694. The van der Waals surface area contributed by atoms with Crippen LogP contribution in [0, 0.1) is 11.3 Å². The molecule has 0 saturated carbocycles. The van der Waals surface area contributed by atoms with Gasteiger partial charge in [0.25, 0.3) is 0 Å². The molecule has 22 heavy (non-hydrogen) atoms. The molecule has 0 radical (unpaired) electrons. The van der Waals surface area contributed by atoms with E-state index in [1.54, 1.807) is 13.1 Å². The standard InChI is InChI=1S/C17H25N3O2/c1-14(21)20-7-5-17(13-20)12-19(2)9-16(17)11-22-10-15-4-3-6-18-8-15/h3-4,6,8,16H,5,7,9-13H2,1-2H3/t16-,17-/m0/s1. The molecule has 3 heterocycles. The Morgan fingerprint density at radius 3 is 3.05 bits per heavy atom. The average molecular weight is 303 g/mol. The third kappa shape index (κ3) is 3.15. The van der Waals surface area contributed by atoms with Gasteiger partial charge in [0.1, 0.15) is 0 Å². The van der Waals surface area contributed by atoms with E-state index in [1.165, 1.54) is 0 Å². The summed E-state index contributed by atoms with van der Waals surface area (Å²) in [6, 6.07) is 3.97. The highest BCUT2D eigenvalue weighted by Gasteiger charge is 2.49. The second-order valence-corrected chi connectivity index (χ2v) is 6.82. The second-order valence-electron chi connectivity index (χ2n) is 6.82. The molecule has 2 atom stereocenters. The minimum atomic E-state index is 0.196. The zero-order valence-corrected chi connectivity index (χ0v) is 13.5. The molecule has 0 aromatic carbocycles. The lowest BCUT2D eigenvalue weighted by molar-refractivity contribution is -0.128. The van der Waals surface area contributed by atoms with Crippen LogP contribution < -0.4 is 0 Å². The summed E-state index contributed by atoms with van der Waals surface area (Å²) in [5, 5.41) is 0. The lowest BCUT2D eigenvalue weighted by Gasteiger charge is -2.30. The van der Waals surface area contributed by atoms with Crippen LogP contribution in [-0.4, -0.2) is 60.5 Å². The van der Waals surface area contributed by atoms with Crippen molar-refractivity contribution >= 4 is 5.91 Å². The largest absolute Gasteiger partial charge is 0.376 e. The van der Waals surface area contributed by atoms with Crippen molar-refractivity contribution in [2.75, 3.05) is 39.8 Å². The van der Waals surface area contributed by atoms with Gasteiger partial charge in [0.2, 0.25) is 5.91 Å². The average Bonchev–Trinajstić information content (AvgIpc) is 3.05. The zero-order valence-electron chi connectivity index (χ0n) is 13.5. The molecule has 1 amide bonds. The Bertz CT molecular complexity index is 522. The smallest absolute Gasteiger partial charge is 0.219 e. The van der Waals surface area contributed by atoms with Gasteiger partial charge in [-0.3, -0.25) is 9.78 Å². The van der Waals surface area contributed by atoms with Gasteiger partial charge in [0.05, 0.1) is 13.2 Å². The number of likely N-dealkylation sites (tertiary alicyclic amines) is 2. The van der Waals surface area contributed by atoms with Crippen LogP contribution in [0.3, 0.4) is 0 Å². The van der Waals surface area contributed by atoms with Crippen LogP contribution in [0.1, 0.15) is 18.9 Å². The molecular weight excluding hydrogens is 278 g/mol. The predicted molar refractivity (Wildman–Crippen MR) is 84.2 cm³/mol. The van der Waals surface area contributed by atoms with E-state index in [0.717, 1.165) is 44.8 Å². The van der Waals surface area contributed by atoms with Crippen molar-refractivity contribution in [3.63, 3.8) is 0 Å². The van der Waals surface area contributed by atoms with E-state index >= 15 is 0 Å². The van der Waals surface area contributed by atoms with Gasteiger partial charge in [0.15, 0.2) is 0 Å². The van der Waals surface area contributed by atoms with Crippen LogP contribution in [0.25, 0.3) is 0 Å². The maximum absolute atomic E-state index is 11.6. The molecule has 0 aliphatic carbocycles. The molecule has 0 unspecified atom stereocenters. The van der Waals surface area contributed by atoms with E-state index in [9.17, 15) is 4.79 Å². The number of carbonyl (C=O) groups excluding carboxylic acids is 1. The van der Waals surface area contributed by atoms with E-state index in [4.69, 9.17) is 4.74 Å². The first-order chi connectivity index (χ1) is 10.6. The van der Waals surface area contributed by atoms with Crippen molar-refractivity contribution in [2.24, 2.45) is 11.3 Å². The van der Waals surface area contributed by atoms with Gasteiger partial charge in [-0.1, -0.05) is 6.07 Å². The summed E-state index contributed by atoms with van der Waals surface area (Å²) in [4.78, 5) is 20.1. The molecular formula is C17H25N3O2. The molecule has 2 aliphatic rings. The Kier molecular flexibility index (Phi) is 4.45. The Morgan fingerprint density at radius 2 is 2.36 bits per heavy atom. The quantitative estimate of drug-likeness (QED) is 0.843. The van der Waals surface area contributed by atoms with Crippen LogP contribution >= 0.6 is 0 Å².